The van der Waals surface area contributed by atoms with Crippen LogP contribution in [0.1, 0.15) is 36.2 Å². The van der Waals surface area contributed by atoms with Crippen LogP contribution in [0, 0.1) is 6.92 Å². The van der Waals surface area contributed by atoms with Crippen molar-refractivity contribution in [2.45, 2.75) is 33.2 Å². The van der Waals surface area contributed by atoms with Gasteiger partial charge in [-0.3, -0.25) is 9.59 Å². The monoisotopic (exact) mass is 265 g/mol. The highest BCUT2D eigenvalue weighted by Gasteiger charge is 2.24. The first-order chi connectivity index (χ1) is 8.88. The van der Waals surface area contributed by atoms with Crippen LogP contribution in [-0.2, 0) is 4.79 Å². The van der Waals surface area contributed by atoms with Gasteiger partial charge in [0.1, 0.15) is 5.75 Å². The second-order valence-corrected chi connectivity index (χ2v) is 4.51. The van der Waals surface area contributed by atoms with Gasteiger partial charge in [-0.2, -0.15) is 0 Å². The highest BCUT2D eigenvalue weighted by molar-refractivity contribution is 5.97. The molecule has 1 unspecified atom stereocenters. The van der Waals surface area contributed by atoms with Gasteiger partial charge >= 0.3 is 5.97 Å². The van der Waals surface area contributed by atoms with Crippen LogP contribution in [0.4, 0.5) is 0 Å². The maximum atomic E-state index is 12.3. The Morgan fingerprint density at radius 2 is 2.00 bits per heavy atom. The van der Waals surface area contributed by atoms with E-state index in [9.17, 15) is 14.7 Å². The molecular weight excluding hydrogens is 246 g/mol. The van der Waals surface area contributed by atoms with Gasteiger partial charge in [0.15, 0.2) is 0 Å². The number of carboxylic acids is 1. The van der Waals surface area contributed by atoms with Crippen molar-refractivity contribution in [1.82, 2.24) is 4.90 Å². The molecule has 5 nitrogen and oxygen atoms in total. The molecule has 0 saturated heterocycles. The zero-order chi connectivity index (χ0) is 14.6. The summed E-state index contributed by atoms with van der Waals surface area (Å²) in [7, 11) is 0. The summed E-state index contributed by atoms with van der Waals surface area (Å²) in [5.41, 5.74) is 0.826. The summed E-state index contributed by atoms with van der Waals surface area (Å²) in [4.78, 5) is 24.5. The van der Waals surface area contributed by atoms with Crippen molar-refractivity contribution < 1.29 is 19.8 Å². The zero-order valence-corrected chi connectivity index (χ0v) is 11.4. The number of phenols is 1. The van der Waals surface area contributed by atoms with E-state index in [1.807, 2.05) is 0 Å². The number of hydrogen-bond donors (Lipinski definition) is 2. The Balaban J connectivity index is 3.02. The molecule has 0 aromatic heterocycles. The van der Waals surface area contributed by atoms with E-state index in [0.717, 1.165) is 0 Å². The Bertz CT molecular complexity index is 484. The molecule has 1 aromatic rings. The molecule has 0 spiro atoms. The number of aliphatic carboxylic acids is 1. The molecule has 0 heterocycles. The SMILES string of the molecule is CCN(C(=O)c1cccc(C)c1O)C(C)CC(=O)O. The number of para-hydroxylation sites is 1. The van der Waals surface area contributed by atoms with Crippen LogP contribution in [0.25, 0.3) is 0 Å². The number of benzene rings is 1. The van der Waals surface area contributed by atoms with Gasteiger partial charge < -0.3 is 15.1 Å². The number of carboxylic acid groups (broad SMARTS) is 1. The summed E-state index contributed by atoms with van der Waals surface area (Å²) >= 11 is 0. The Labute approximate surface area is 112 Å². The first kappa shape index (κ1) is 15.0. The van der Waals surface area contributed by atoms with Gasteiger partial charge in [0, 0.05) is 12.6 Å². The number of nitrogens with zero attached hydrogens (tertiary/aromatic N) is 1. The van der Waals surface area contributed by atoms with E-state index in [1.165, 1.54) is 4.90 Å². The number of amides is 1. The summed E-state index contributed by atoms with van der Waals surface area (Å²) in [5.74, 6) is -1.35. The van der Waals surface area contributed by atoms with E-state index in [0.29, 0.717) is 12.1 Å². The maximum absolute atomic E-state index is 12.3. The quantitative estimate of drug-likeness (QED) is 0.853. The summed E-state index contributed by atoms with van der Waals surface area (Å²) in [6.07, 6.45) is -0.119. The lowest BCUT2D eigenvalue weighted by atomic mass is 10.1. The first-order valence-corrected chi connectivity index (χ1v) is 6.19. The zero-order valence-electron chi connectivity index (χ0n) is 11.4. The van der Waals surface area contributed by atoms with Crippen molar-refractivity contribution in [3.05, 3.63) is 29.3 Å². The summed E-state index contributed by atoms with van der Waals surface area (Å²) in [6.45, 7) is 5.56. The molecule has 0 bridgehead atoms. The van der Waals surface area contributed by atoms with Crippen LogP contribution < -0.4 is 0 Å². The Morgan fingerprint density at radius 3 is 2.53 bits per heavy atom. The predicted octanol–water partition coefficient (Wildman–Crippen LogP) is 2.03. The van der Waals surface area contributed by atoms with Crippen LogP contribution in [0.2, 0.25) is 0 Å². The van der Waals surface area contributed by atoms with Gasteiger partial charge in [0.05, 0.1) is 12.0 Å². The average molecular weight is 265 g/mol. The van der Waals surface area contributed by atoms with Gasteiger partial charge in [0.25, 0.3) is 5.91 Å². The normalized spacial score (nSPS) is 11.9. The molecule has 1 amide bonds. The molecule has 5 heteroatoms. The molecular formula is C14H19NO4. The van der Waals surface area contributed by atoms with Crippen molar-refractivity contribution in [2.75, 3.05) is 6.54 Å². The van der Waals surface area contributed by atoms with E-state index >= 15 is 0 Å². The molecule has 0 aliphatic heterocycles. The molecule has 0 saturated carbocycles. The number of rotatable bonds is 5. The number of phenolic OH excluding ortho intramolecular Hbond substituents is 1. The lowest BCUT2D eigenvalue weighted by molar-refractivity contribution is -0.138. The van der Waals surface area contributed by atoms with Gasteiger partial charge in [-0.05, 0) is 32.4 Å². The van der Waals surface area contributed by atoms with Gasteiger partial charge in [0.2, 0.25) is 0 Å². The van der Waals surface area contributed by atoms with Crippen LogP contribution in [0.3, 0.4) is 0 Å². The molecule has 0 aliphatic carbocycles. The molecule has 1 rings (SSSR count). The van der Waals surface area contributed by atoms with Gasteiger partial charge in [-0.15, -0.1) is 0 Å². The number of carbonyl (C=O) groups excluding carboxylic acids is 1. The molecule has 1 aromatic carbocycles. The van der Waals surface area contributed by atoms with Gasteiger partial charge in [-0.1, -0.05) is 12.1 Å². The van der Waals surface area contributed by atoms with E-state index in [1.54, 1.807) is 39.0 Å². The molecule has 0 aliphatic rings. The predicted molar refractivity (Wildman–Crippen MR) is 71.3 cm³/mol. The molecule has 104 valence electrons. The Hall–Kier alpha value is -2.04. The molecule has 0 fully saturated rings. The third kappa shape index (κ3) is 3.47. The van der Waals surface area contributed by atoms with E-state index in [4.69, 9.17) is 5.11 Å². The highest BCUT2D eigenvalue weighted by Crippen LogP contribution is 2.23. The standard InChI is InChI=1S/C14H19NO4/c1-4-15(10(3)8-12(16)17)14(19)11-7-5-6-9(2)13(11)18/h5-7,10,18H,4,8H2,1-3H3,(H,16,17). The fourth-order valence-corrected chi connectivity index (χ4v) is 2.00. The topological polar surface area (TPSA) is 77.8 Å². The third-order valence-electron chi connectivity index (χ3n) is 3.07. The van der Waals surface area contributed by atoms with Crippen molar-refractivity contribution in [3.8, 4) is 5.75 Å². The minimum Gasteiger partial charge on any atom is -0.507 e. The maximum Gasteiger partial charge on any atom is 0.305 e. The summed E-state index contributed by atoms with van der Waals surface area (Å²) in [5, 5.41) is 18.7. The number of hydrogen-bond acceptors (Lipinski definition) is 3. The second-order valence-electron chi connectivity index (χ2n) is 4.51. The smallest absolute Gasteiger partial charge is 0.305 e. The first-order valence-electron chi connectivity index (χ1n) is 6.19. The van der Waals surface area contributed by atoms with Crippen LogP contribution in [0.5, 0.6) is 5.75 Å². The van der Waals surface area contributed by atoms with Crippen LogP contribution in [-0.4, -0.2) is 39.6 Å². The average Bonchev–Trinajstić information content (AvgIpc) is 2.32. The van der Waals surface area contributed by atoms with Crippen LogP contribution >= 0.6 is 0 Å². The number of aryl methyl sites for hydroxylation is 1. The van der Waals surface area contributed by atoms with Crippen LogP contribution in [0.15, 0.2) is 18.2 Å². The Kier molecular flexibility index (Phi) is 4.92. The summed E-state index contributed by atoms with van der Waals surface area (Å²) < 4.78 is 0. The number of carbonyl (C=O) groups is 2. The van der Waals surface area contributed by atoms with E-state index in [-0.39, 0.29) is 23.6 Å². The fraction of sp³-hybridized carbons (Fsp3) is 0.429. The minimum absolute atomic E-state index is 0.0477. The third-order valence-corrected chi connectivity index (χ3v) is 3.07. The molecule has 0 radical (unpaired) electrons. The fourth-order valence-electron chi connectivity index (χ4n) is 2.00. The Morgan fingerprint density at radius 1 is 1.37 bits per heavy atom. The second kappa shape index (κ2) is 6.22. The van der Waals surface area contributed by atoms with E-state index in [2.05, 4.69) is 0 Å². The van der Waals surface area contributed by atoms with Crippen molar-refractivity contribution in [3.63, 3.8) is 0 Å². The lowest BCUT2D eigenvalue weighted by Gasteiger charge is -2.27. The largest absolute Gasteiger partial charge is 0.507 e. The van der Waals surface area contributed by atoms with Gasteiger partial charge in [-0.25, -0.2) is 0 Å². The highest BCUT2D eigenvalue weighted by atomic mass is 16.4. The lowest BCUT2D eigenvalue weighted by Crippen LogP contribution is -2.39. The molecule has 2 N–H and O–H groups in total. The molecule has 1 atom stereocenters. The van der Waals surface area contributed by atoms with Crippen molar-refractivity contribution >= 4 is 11.9 Å². The minimum atomic E-state index is -0.952. The van der Waals surface area contributed by atoms with E-state index < -0.39 is 12.0 Å². The number of aromatic hydroxyl groups is 1. The summed E-state index contributed by atoms with van der Waals surface area (Å²) in [6, 6.07) is 4.52. The van der Waals surface area contributed by atoms with Crippen molar-refractivity contribution in [2.24, 2.45) is 0 Å². The van der Waals surface area contributed by atoms with Crippen molar-refractivity contribution in [1.29, 1.82) is 0 Å². The molecule has 19 heavy (non-hydrogen) atoms.